The largest absolute Gasteiger partial charge is 0.313 e. The van der Waals surface area contributed by atoms with Crippen molar-refractivity contribution in [1.82, 2.24) is 20.2 Å². The van der Waals surface area contributed by atoms with E-state index in [2.05, 4.69) is 20.8 Å². The van der Waals surface area contributed by atoms with Gasteiger partial charge in [0.1, 0.15) is 11.3 Å². The van der Waals surface area contributed by atoms with Crippen molar-refractivity contribution in [3.8, 4) is 5.69 Å². The van der Waals surface area contributed by atoms with Crippen molar-refractivity contribution in [2.45, 2.75) is 25.7 Å². The average molecular weight is 436 g/mol. The molecule has 3 heterocycles. The quantitative estimate of drug-likeness (QED) is 0.476. The Kier molecular flexibility index (Phi) is 4.97. The van der Waals surface area contributed by atoms with Gasteiger partial charge in [-0.15, -0.1) is 27.8 Å². The number of rotatable bonds is 5. The zero-order valence-corrected chi connectivity index (χ0v) is 17.5. The maximum absolute atomic E-state index is 13.2. The molecule has 0 unspecified atom stereocenters. The van der Waals surface area contributed by atoms with Gasteiger partial charge in [-0.1, -0.05) is 12.1 Å². The Bertz CT molecular complexity index is 1210. The van der Waals surface area contributed by atoms with Crippen LogP contribution in [0.5, 0.6) is 0 Å². The molecule has 150 valence electrons. The fourth-order valence-electron chi connectivity index (χ4n) is 3.67. The van der Waals surface area contributed by atoms with Gasteiger partial charge in [0.2, 0.25) is 5.78 Å². The van der Waals surface area contributed by atoms with Crippen LogP contribution in [0.2, 0.25) is 0 Å². The van der Waals surface area contributed by atoms with E-state index in [0.29, 0.717) is 26.7 Å². The number of carbonyl (C=O) groups is 2. The summed E-state index contributed by atoms with van der Waals surface area (Å²) in [6.07, 6.45) is 5.48. The third-order valence-corrected chi connectivity index (χ3v) is 7.17. The van der Waals surface area contributed by atoms with E-state index in [4.69, 9.17) is 0 Å². The van der Waals surface area contributed by atoms with E-state index in [1.165, 1.54) is 38.6 Å². The van der Waals surface area contributed by atoms with Crippen molar-refractivity contribution >= 4 is 39.4 Å². The zero-order valence-electron chi connectivity index (χ0n) is 15.9. The minimum Gasteiger partial charge on any atom is -0.313 e. The van der Waals surface area contributed by atoms with Gasteiger partial charge in [0.05, 0.1) is 16.1 Å². The molecule has 0 spiro atoms. The van der Waals surface area contributed by atoms with Gasteiger partial charge >= 0.3 is 0 Å². The number of amides is 1. The molecule has 0 aliphatic heterocycles. The number of benzene rings is 1. The molecule has 3 aromatic heterocycles. The van der Waals surface area contributed by atoms with Crippen molar-refractivity contribution in [1.29, 1.82) is 0 Å². The normalized spacial score (nSPS) is 13.1. The molecule has 0 saturated carbocycles. The van der Waals surface area contributed by atoms with E-state index in [0.717, 1.165) is 31.2 Å². The van der Waals surface area contributed by atoms with Crippen LogP contribution >= 0.6 is 22.7 Å². The maximum atomic E-state index is 13.2. The van der Waals surface area contributed by atoms with Gasteiger partial charge in [0.25, 0.3) is 5.91 Å². The highest BCUT2D eigenvalue weighted by Crippen LogP contribution is 2.40. The van der Waals surface area contributed by atoms with Crippen LogP contribution in [-0.4, -0.2) is 31.9 Å². The molecule has 0 saturated heterocycles. The van der Waals surface area contributed by atoms with Crippen molar-refractivity contribution in [2.75, 3.05) is 5.32 Å². The summed E-state index contributed by atoms with van der Waals surface area (Å²) in [6, 6.07) is 10.8. The predicted octanol–water partition coefficient (Wildman–Crippen LogP) is 4.15. The van der Waals surface area contributed by atoms with E-state index in [1.54, 1.807) is 18.2 Å². The van der Waals surface area contributed by atoms with Crippen LogP contribution in [0.25, 0.3) is 5.69 Å². The second-order valence-corrected chi connectivity index (χ2v) is 9.03. The molecule has 1 amide bonds. The van der Waals surface area contributed by atoms with Gasteiger partial charge in [0, 0.05) is 10.4 Å². The van der Waals surface area contributed by atoms with Gasteiger partial charge in [-0.05, 0) is 71.3 Å². The second-order valence-electron chi connectivity index (χ2n) is 6.98. The number of hydrogen-bond donors (Lipinski definition) is 1. The molecule has 0 bridgehead atoms. The fraction of sp³-hybridized carbons (Fsp3) is 0.190. The molecule has 0 radical (unpaired) electrons. The predicted molar refractivity (Wildman–Crippen MR) is 116 cm³/mol. The lowest BCUT2D eigenvalue weighted by Crippen LogP contribution is -2.15. The third kappa shape index (κ3) is 3.46. The number of nitrogens with one attached hydrogen (secondary N) is 1. The number of nitrogens with zero attached hydrogens (tertiary/aromatic N) is 4. The molecule has 1 aliphatic rings. The summed E-state index contributed by atoms with van der Waals surface area (Å²) in [7, 11) is 0. The van der Waals surface area contributed by atoms with Crippen LogP contribution in [-0.2, 0) is 12.8 Å². The minimum atomic E-state index is -0.260. The van der Waals surface area contributed by atoms with Crippen LogP contribution in [0.3, 0.4) is 0 Å². The number of aryl methyl sites for hydroxylation is 1. The first-order chi connectivity index (χ1) is 14.7. The summed E-state index contributed by atoms with van der Waals surface area (Å²) >= 11 is 2.95. The Morgan fingerprint density at radius 1 is 1.10 bits per heavy atom. The fourth-order valence-corrected chi connectivity index (χ4v) is 5.62. The zero-order chi connectivity index (χ0) is 20.5. The number of ketones is 1. The number of anilines is 1. The first-order valence-electron chi connectivity index (χ1n) is 9.58. The Labute approximate surface area is 180 Å². The van der Waals surface area contributed by atoms with E-state index in [1.807, 2.05) is 23.6 Å². The average Bonchev–Trinajstić information content (AvgIpc) is 3.54. The van der Waals surface area contributed by atoms with Crippen LogP contribution in [0, 0.1) is 0 Å². The molecule has 5 rings (SSSR count). The number of tetrazole rings is 1. The van der Waals surface area contributed by atoms with Crippen molar-refractivity contribution in [2.24, 2.45) is 0 Å². The number of thiophene rings is 2. The van der Waals surface area contributed by atoms with Gasteiger partial charge in [-0.3, -0.25) is 9.59 Å². The highest BCUT2D eigenvalue weighted by atomic mass is 32.1. The lowest BCUT2D eigenvalue weighted by Gasteiger charge is -2.12. The number of aromatic nitrogens is 4. The molecule has 30 heavy (non-hydrogen) atoms. The smallest absolute Gasteiger partial charge is 0.256 e. The Morgan fingerprint density at radius 2 is 2.00 bits per heavy atom. The van der Waals surface area contributed by atoms with Crippen LogP contribution in [0.15, 0.2) is 48.1 Å². The molecule has 0 fully saturated rings. The van der Waals surface area contributed by atoms with E-state index in [-0.39, 0.29) is 11.7 Å². The Balaban J connectivity index is 1.49. The van der Waals surface area contributed by atoms with E-state index in [9.17, 15) is 9.59 Å². The van der Waals surface area contributed by atoms with Gasteiger partial charge in [-0.25, -0.2) is 4.68 Å². The standard InChI is InChI=1S/C21H17N5O2S2/c27-19(17-9-4-10-29-17)18-15-7-1-2-8-16(15)30-21(18)23-20(28)13-5-3-6-14(11-13)26-12-22-24-25-26/h3-6,9-12H,1-2,7-8H2,(H,23,28). The lowest BCUT2D eigenvalue weighted by molar-refractivity contribution is 0.102. The second kappa shape index (κ2) is 7.92. The highest BCUT2D eigenvalue weighted by molar-refractivity contribution is 7.17. The van der Waals surface area contributed by atoms with Crippen LogP contribution in [0.1, 0.15) is 48.9 Å². The minimum absolute atomic E-state index is 0.0119. The molecular formula is C21H17N5O2S2. The molecule has 4 aromatic rings. The number of hydrogen-bond acceptors (Lipinski definition) is 7. The number of fused-ring (bicyclic) bond motifs is 1. The summed E-state index contributed by atoms with van der Waals surface area (Å²) in [4.78, 5) is 28.2. The molecule has 0 atom stereocenters. The maximum Gasteiger partial charge on any atom is 0.256 e. The summed E-state index contributed by atoms with van der Waals surface area (Å²) in [5, 5.41) is 16.7. The topological polar surface area (TPSA) is 89.8 Å². The van der Waals surface area contributed by atoms with Gasteiger partial charge in [-0.2, -0.15) is 0 Å². The highest BCUT2D eigenvalue weighted by Gasteiger charge is 2.27. The Hall–Kier alpha value is -3.17. The summed E-state index contributed by atoms with van der Waals surface area (Å²) in [5.41, 5.74) is 2.92. The van der Waals surface area contributed by atoms with Crippen LogP contribution in [0.4, 0.5) is 5.00 Å². The van der Waals surface area contributed by atoms with E-state index < -0.39 is 0 Å². The molecular weight excluding hydrogens is 418 g/mol. The van der Waals surface area contributed by atoms with Crippen molar-refractivity contribution < 1.29 is 9.59 Å². The summed E-state index contributed by atoms with van der Waals surface area (Å²) in [5.74, 6) is -0.272. The molecule has 9 heteroatoms. The van der Waals surface area contributed by atoms with Crippen LogP contribution < -0.4 is 5.32 Å². The molecule has 1 aliphatic carbocycles. The first kappa shape index (κ1) is 18.8. The molecule has 7 nitrogen and oxygen atoms in total. The monoisotopic (exact) mass is 435 g/mol. The molecule has 1 N–H and O–H groups in total. The first-order valence-corrected chi connectivity index (χ1v) is 11.3. The summed E-state index contributed by atoms with van der Waals surface area (Å²) in [6.45, 7) is 0. The van der Waals surface area contributed by atoms with Crippen molar-refractivity contribution in [3.05, 3.63) is 74.6 Å². The van der Waals surface area contributed by atoms with Gasteiger partial charge < -0.3 is 5.32 Å². The SMILES string of the molecule is O=C(Nc1sc2c(c1C(=O)c1cccs1)CCCC2)c1cccc(-n2cnnn2)c1. The Morgan fingerprint density at radius 3 is 2.80 bits per heavy atom. The molecule has 1 aromatic carbocycles. The van der Waals surface area contributed by atoms with E-state index >= 15 is 0 Å². The third-order valence-electron chi connectivity index (χ3n) is 5.09. The summed E-state index contributed by atoms with van der Waals surface area (Å²) < 4.78 is 1.49. The number of carbonyl (C=O) groups excluding carboxylic acids is 2. The lowest BCUT2D eigenvalue weighted by atomic mass is 9.93. The van der Waals surface area contributed by atoms with Crippen molar-refractivity contribution in [3.63, 3.8) is 0 Å². The van der Waals surface area contributed by atoms with Gasteiger partial charge in [0.15, 0.2) is 0 Å².